The number of hydrogen-bond donors (Lipinski definition) is 1. The summed E-state index contributed by atoms with van der Waals surface area (Å²) in [6.07, 6.45) is 1.79. The third kappa shape index (κ3) is 1.64. The van der Waals surface area contributed by atoms with E-state index >= 15 is 0 Å². The maximum absolute atomic E-state index is 10.8. The summed E-state index contributed by atoms with van der Waals surface area (Å²) in [5.41, 5.74) is 2.12. The second-order valence-electron chi connectivity index (χ2n) is 3.97. The smallest absolute Gasteiger partial charge is 0.335 e. The third-order valence-corrected chi connectivity index (χ3v) is 2.84. The summed E-state index contributed by atoms with van der Waals surface area (Å²) in [4.78, 5) is 10.8. The van der Waals surface area contributed by atoms with Crippen LogP contribution in [-0.2, 0) is 0 Å². The second kappa shape index (κ2) is 4.00. The van der Waals surface area contributed by atoms with E-state index < -0.39 is 5.97 Å². The molecule has 0 aliphatic heterocycles. The fraction of sp³-hybridized carbons (Fsp3) is 0. The first-order valence-electron chi connectivity index (χ1n) is 5.52. The number of fused-ring (bicyclic) bond motifs is 1. The van der Waals surface area contributed by atoms with Crippen molar-refractivity contribution in [2.45, 2.75) is 0 Å². The highest BCUT2D eigenvalue weighted by molar-refractivity contribution is 5.88. The topological polar surface area (TPSA) is 55.1 Å². The highest BCUT2D eigenvalue weighted by Crippen LogP contribution is 2.18. The number of carboxylic acids is 1. The summed E-state index contributed by atoms with van der Waals surface area (Å²) < 4.78 is 1.79. The van der Waals surface area contributed by atoms with Crippen molar-refractivity contribution in [3.63, 3.8) is 0 Å². The predicted molar refractivity (Wildman–Crippen MR) is 68.0 cm³/mol. The van der Waals surface area contributed by atoms with Gasteiger partial charge >= 0.3 is 5.97 Å². The Hall–Kier alpha value is -2.62. The standard InChI is InChI=1S/C14H10N2O2/c17-14(18)10-5-7-12(8-6-10)16-13-4-2-1-3-11(13)9-15-16/h1-9H,(H,17,18). The fourth-order valence-electron chi connectivity index (χ4n) is 1.92. The van der Waals surface area contributed by atoms with Gasteiger partial charge in [0, 0.05) is 5.39 Å². The Morgan fingerprint density at radius 3 is 2.50 bits per heavy atom. The number of aromatic carboxylic acids is 1. The highest BCUT2D eigenvalue weighted by Gasteiger charge is 2.06. The molecule has 1 heterocycles. The van der Waals surface area contributed by atoms with Gasteiger partial charge in [-0.1, -0.05) is 18.2 Å². The van der Waals surface area contributed by atoms with Gasteiger partial charge in [-0.05, 0) is 30.3 Å². The first-order chi connectivity index (χ1) is 8.75. The molecule has 3 rings (SSSR count). The van der Waals surface area contributed by atoms with E-state index in [0.717, 1.165) is 16.6 Å². The van der Waals surface area contributed by atoms with Gasteiger partial charge in [0.2, 0.25) is 0 Å². The molecule has 18 heavy (non-hydrogen) atoms. The Labute approximate surface area is 103 Å². The molecule has 0 bridgehead atoms. The van der Waals surface area contributed by atoms with Crippen molar-refractivity contribution in [2.75, 3.05) is 0 Å². The van der Waals surface area contributed by atoms with Crippen LogP contribution >= 0.6 is 0 Å². The molecule has 1 aromatic heterocycles. The quantitative estimate of drug-likeness (QED) is 0.746. The van der Waals surface area contributed by atoms with Crippen molar-refractivity contribution in [3.05, 3.63) is 60.3 Å². The minimum Gasteiger partial charge on any atom is -0.478 e. The van der Waals surface area contributed by atoms with Gasteiger partial charge in [0.05, 0.1) is 23.0 Å². The van der Waals surface area contributed by atoms with Crippen LogP contribution in [0.5, 0.6) is 0 Å². The van der Waals surface area contributed by atoms with E-state index in [2.05, 4.69) is 5.10 Å². The van der Waals surface area contributed by atoms with Crippen LogP contribution in [0.3, 0.4) is 0 Å². The van der Waals surface area contributed by atoms with Gasteiger partial charge in [0.15, 0.2) is 0 Å². The lowest BCUT2D eigenvalue weighted by Crippen LogP contribution is -1.99. The molecule has 4 heteroatoms. The maximum atomic E-state index is 10.8. The molecule has 0 radical (unpaired) electrons. The number of carbonyl (C=O) groups is 1. The van der Waals surface area contributed by atoms with Gasteiger partial charge in [0.25, 0.3) is 0 Å². The van der Waals surface area contributed by atoms with Crippen LogP contribution in [0.4, 0.5) is 0 Å². The molecule has 0 spiro atoms. The van der Waals surface area contributed by atoms with Gasteiger partial charge in [-0.25, -0.2) is 9.48 Å². The van der Waals surface area contributed by atoms with E-state index in [1.165, 1.54) is 0 Å². The van der Waals surface area contributed by atoms with E-state index in [-0.39, 0.29) is 5.56 Å². The molecular weight excluding hydrogens is 228 g/mol. The van der Waals surface area contributed by atoms with Crippen LogP contribution in [0.1, 0.15) is 10.4 Å². The minimum atomic E-state index is -0.924. The normalized spacial score (nSPS) is 10.7. The summed E-state index contributed by atoms with van der Waals surface area (Å²) in [5.74, 6) is -0.924. The lowest BCUT2D eigenvalue weighted by molar-refractivity contribution is 0.0697. The van der Waals surface area contributed by atoms with E-state index in [0.29, 0.717) is 0 Å². The molecule has 0 unspecified atom stereocenters. The minimum absolute atomic E-state index is 0.273. The number of carboxylic acid groups (broad SMARTS) is 1. The molecule has 0 atom stereocenters. The monoisotopic (exact) mass is 238 g/mol. The fourth-order valence-corrected chi connectivity index (χ4v) is 1.92. The molecule has 0 aliphatic carbocycles. The third-order valence-electron chi connectivity index (χ3n) is 2.84. The van der Waals surface area contributed by atoms with Crippen molar-refractivity contribution in [2.24, 2.45) is 0 Å². The van der Waals surface area contributed by atoms with E-state index in [4.69, 9.17) is 5.11 Å². The van der Waals surface area contributed by atoms with Crippen LogP contribution in [-0.4, -0.2) is 20.9 Å². The summed E-state index contributed by atoms with van der Waals surface area (Å²) in [5, 5.41) is 14.2. The Kier molecular flexibility index (Phi) is 2.34. The Balaban J connectivity index is 2.12. The van der Waals surface area contributed by atoms with Crippen molar-refractivity contribution >= 4 is 16.9 Å². The second-order valence-corrected chi connectivity index (χ2v) is 3.97. The Bertz CT molecular complexity index is 714. The Morgan fingerprint density at radius 2 is 1.78 bits per heavy atom. The summed E-state index contributed by atoms with van der Waals surface area (Å²) in [6, 6.07) is 14.5. The van der Waals surface area contributed by atoms with Gasteiger partial charge in [-0.15, -0.1) is 0 Å². The summed E-state index contributed by atoms with van der Waals surface area (Å²) >= 11 is 0. The number of aromatic nitrogens is 2. The van der Waals surface area contributed by atoms with Gasteiger partial charge < -0.3 is 5.11 Å². The van der Waals surface area contributed by atoms with E-state index in [1.54, 1.807) is 35.1 Å². The van der Waals surface area contributed by atoms with Gasteiger partial charge in [-0.2, -0.15) is 5.10 Å². The zero-order valence-electron chi connectivity index (χ0n) is 9.45. The van der Waals surface area contributed by atoms with Crippen LogP contribution in [0.25, 0.3) is 16.6 Å². The van der Waals surface area contributed by atoms with E-state index in [1.807, 2.05) is 24.3 Å². The zero-order valence-corrected chi connectivity index (χ0v) is 9.45. The number of hydrogen-bond acceptors (Lipinski definition) is 2. The molecule has 4 nitrogen and oxygen atoms in total. The zero-order chi connectivity index (χ0) is 12.5. The first-order valence-corrected chi connectivity index (χ1v) is 5.52. The van der Waals surface area contributed by atoms with Crippen molar-refractivity contribution in [1.82, 2.24) is 9.78 Å². The molecule has 88 valence electrons. The lowest BCUT2D eigenvalue weighted by atomic mass is 10.2. The van der Waals surface area contributed by atoms with Crippen molar-refractivity contribution in [3.8, 4) is 5.69 Å². The highest BCUT2D eigenvalue weighted by atomic mass is 16.4. The molecular formula is C14H10N2O2. The molecule has 0 fully saturated rings. The van der Waals surface area contributed by atoms with Crippen LogP contribution in [0.15, 0.2) is 54.7 Å². The summed E-state index contributed by atoms with van der Waals surface area (Å²) in [7, 11) is 0. The molecule has 2 aromatic carbocycles. The molecule has 3 aromatic rings. The number of benzene rings is 2. The number of nitrogens with zero attached hydrogens (tertiary/aromatic N) is 2. The first kappa shape index (κ1) is 10.5. The van der Waals surface area contributed by atoms with Gasteiger partial charge in [0.1, 0.15) is 0 Å². The van der Waals surface area contributed by atoms with Crippen molar-refractivity contribution < 1.29 is 9.90 Å². The average molecular weight is 238 g/mol. The molecule has 0 saturated heterocycles. The molecule has 0 aliphatic rings. The SMILES string of the molecule is O=C(O)c1ccc(-n2ncc3ccccc32)cc1. The number of para-hydroxylation sites is 1. The van der Waals surface area contributed by atoms with Gasteiger partial charge in [-0.3, -0.25) is 0 Å². The van der Waals surface area contributed by atoms with E-state index in [9.17, 15) is 4.79 Å². The van der Waals surface area contributed by atoms with Crippen LogP contribution < -0.4 is 0 Å². The van der Waals surface area contributed by atoms with Crippen LogP contribution in [0.2, 0.25) is 0 Å². The molecule has 1 N–H and O–H groups in total. The average Bonchev–Trinajstić information content (AvgIpc) is 2.82. The molecule has 0 saturated carbocycles. The Morgan fingerprint density at radius 1 is 1.06 bits per heavy atom. The lowest BCUT2D eigenvalue weighted by Gasteiger charge is -2.03. The maximum Gasteiger partial charge on any atom is 0.335 e. The molecule has 0 amide bonds. The largest absolute Gasteiger partial charge is 0.478 e. The summed E-state index contributed by atoms with van der Waals surface area (Å²) in [6.45, 7) is 0. The number of rotatable bonds is 2. The van der Waals surface area contributed by atoms with Crippen molar-refractivity contribution in [1.29, 1.82) is 0 Å². The predicted octanol–water partition coefficient (Wildman–Crippen LogP) is 2.72. The van der Waals surface area contributed by atoms with Crippen LogP contribution in [0, 0.1) is 0 Å².